The van der Waals surface area contributed by atoms with Gasteiger partial charge < -0.3 is 10.5 Å². The van der Waals surface area contributed by atoms with Crippen molar-refractivity contribution in [2.45, 2.75) is 13.5 Å². The molecule has 0 fully saturated rings. The number of hydrogen-bond acceptors (Lipinski definition) is 4. The van der Waals surface area contributed by atoms with Gasteiger partial charge in [-0.3, -0.25) is 5.10 Å². The summed E-state index contributed by atoms with van der Waals surface area (Å²) in [4.78, 5) is 3.93. The molecule has 16 heavy (non-hydrogen) atoms. The van der Waals surface area contributed by atoms with Crippen LogP contribution < -0.4 is 10.5 Å². The summed E-state index contributed by atoms with van der Waals surface area (Å²) in [6.45, 7) is 2.22. The Hall–Kier alpha value is -1.75. The third kappa shape index (κ3) is 2.43. The maximum Gasteiger partial charge on any atom is 0.239 e. The van der Waals surface area contributed by atoms with Crippen LogP contribution in [0, 0.1) is 6.92 Å². The van der Waals surface area contributed by atoms with Crippen LogP contribution >= 0.6 is 11.6 Å². The van der Waals surface area contributed by atoms with Crippen molar-refractivity contribution < 1.29 is 4.74 Å². The van der Waals surface area contributed by atoms with Crippen LogP contribution in [-0.2, 0) is 6.61 Å². The Balaban J connectivity index is 2.02. The number of H-pyrrole nitrogens is 1. The highest BCUT2D eigenvalue weighted by Gasteiger charge is 2.02. The van der Waals surface area contributed by atoms with E-state index in [9.17, 15) is 0 Å². The molecule has 0 aliphatic heterocycles. The van der Waals surface area contributed by atoms with Gasteiger partial charge in [0.15, 0.2) is 5.82 Å². The summed E-state index contributed by atoms with van der Waals surface area (Å²) in [5.74, 6) is 1.54. The van der Waals surface area contributed by atoms with E-state index in [-0.39, 0.29) is 5.95 Å². The zero-order valence-electron chi connectivity index (χ0n) is 8.70. The van der Waals surface area contributed by atoms with Crippen molar-refractivity contribution in [3.8, 4) is 5.75 Å². The SMILES string of the molecule is Cc1cc(OCc2nc(N)n[nH]2)ccc1Cl. The van der Waals surface area contributed by atoms with E-state index in [1.165, 1.54) is 0 Å². The number of nitrogen functional groups attached to an aromatic ring is 1. The molecule has 0 amide bonds. The number of benzene rings is 1. The van der Waals surface area contributed by atoms with Gasteiger partial charge in [-0.25, -0.2) is 0 Å². The number of aryl methyl sites for hydroxylation is 1. The first-order valence-corrected chi connectivity index (χ1v) is 5.08. The molecular formula is C10H11ClN4O. The zero-order valence-corrected chi connectivity index (χ0v) is 9.45. The van der Waals surface area contributed by atoms with Crippen molar-refractivity contribution in [1.82, 2.24) is 15.2 Å². The van der Waals surface area contributed by atoms with Crippen molar-refractivity contribution >= 4 is 17.5 Å². The van der Waals surface area contributed by atoms with Crippen LogP contribution in [0.4, 0.5) is 5.95 Å². The fourth-order valence-corrected chi connectivity index (χ4v) is 1.35. The molecule has 2 rings (SSSR count). The molecule has 0 aliphatic rings. The normalized spacial score (nSPS) is 10.4. The largest absolute Gasteiger partial charge is 0.486 e. The number of nitrogens with two attached hydrogens (primary N) is 1. The molecule has 1 aromatic carbocycles. The molecule has 0 saturated carbocycles. The molecule has 1 aromatic heterocycles. The van der Waals surface area contributed by atoms with E-state index >= 15 is 0 Å². The van der Waals surface area contributed by atoms with Crippen molar-refractivity contribution in [2.75, 3.05) is 5.73 Å². The summed E-state index contributed by atoms with van der Waals surface area (Å²) >= 11 is 5.90. The molecule has 0 radical (unpaired) electrons. The fourth-order valence-electron chi connectivity index (χ4n) is 1.23. The van der Waals surface area contributed by atoms with Gasteiger partial charge in [-0.05, 0) is 30.7 Å². The van der Waals surface area contributed by atoms with Crippen LogP contribution in [-0.4, -0.2) is 15.2 Å². The second kappa shape index (κ2) is 4.40. The molecule has 0 saturated heterocycles. The van der Waals surface area contributed by atoms with E-state index in [1.54, 1.807) is 12.1 Å². The number of nitrogens with zero attached hydrogens (tertiary/aromatic N) is 2. The van der Waals surface area contributed by atoms with Gasteiger partial charge in [-0.2, -0.15) is 4.98 Å². The lowest BCUT2D eigenvalue weighted by molar-refractivity contribution is 0.296. The molecule has 0 bridgehead atoms. The quantitative estimate of drug-likeness (QED) is 0.857. The van der Waals surface area contributed by atoms with Gasteiger partial charge in [0, 0.05) is 5.02 Å². The summed E-state index contributed by atoms with van der Waals surface area (Å²) in [7, 11) is 0. The number of anilines is 1. The number of aromatic amines is 1. The Labute approximate surface area is 97.6 Å². The first-order valence-electron chi connectivity index (χ1n) is 4.71. The minimum atomic E-state index is 0.214. The van der Waals surface area contributed by atoms with E-state index in [0.717, 1.165) is 16.3 Å². The maximum atomic E-state index is 5.90. The Bertz CT molecular complexity index is 497. The summed E-state index contributed by atoms with van der Waals surface area (Å²) in [6.07, 6.45) is 0. The molecule has 3 N–H and O–H groups in total. The van der Waals surface area contributed by atoms with Gasteiger partial charge in [0.1, 0.15) is 12.4 Å². The second-order valence-corrected chi connectivity index (χ2v) is 3.75. The van der Waals surface area contributed by atoms with Gasteiger partial charge in [0.05, 0.1) is 0 Å². The molecule has 0 unspecified atom stereocenters. The Morgan fingerprint density at radius 1 is 1.50 bits per heavy atom. The highest BCUT2D eigenvalue weighted by atomic mass is 35.5. The molecule has 2 aromatic rings. The Morgan fingerprint density at radius 3 is 2.94 bits per heavy atom. The third-order valence-electron chi connectivity index (χ3n) is 2.05. The van der Waals surface area contributed by atoms with Gasteiger partial charge in [-0.1, -0.05) is 11.6 Å². The predicted molar refractivity (Wildman–Crippen MR) is 61.3 cm³/mol. The van der Waals surface area contributed by atoms with E-state index in [0.29, 0.717) is 12.4 Å². The molecule has 0 aliphatic carbocycles. The number of hydrogen-bond donors (Lipinski definition) is 2. The Kier molecular flexibility index (Phi) is 2.96. The van der Waals surface area contributed by atoms with Crippen molar-refractivity contribution in [3.05, 3.63) is 34.6 Å². The van der Waals surface area contributed by atoms with Crippen molar-refractivity contribution in [3.63, 3.8) is 0 Å². The summed E-state index contributed by atoms with van der Waals surface area (Å²) in [6, 6.07) is 5.46. The molecule has 6 heteroatoms. The maximum absolute atomic E-state index is 5.90. The zero-order chi connectivity index (χ0) is 11.5. The summed E-state index contributed by atoms with van der Waals surface area (Å²) in [5, 5.41) is 7.08. The molecule has 1 heterocycles. The summed E-state index contributed by atoms with van der Waals surface area (Å²) < 4.78 is 5.49. The van der Waals surface area contributed by atoms with Gasteiger partial charge >= 0.3 is 0 Å². The smallest absolute Gasteiger partial charge is 0.239 e. The first-order chi connectivity index (χ1) is 7.65. The number of nitrogens with one attached hydrogen (secondary N) is 1. The molecular weight excluding hydrogens is 228 g/mol. The number of halogens is 1. The van der Waals surface area contributed by atoms with Gasteiger partial charge in [0.25, 0.3) is 0 Å². The number of aromatic nitrogens is 3. The van der Waals surface area contributed by atoms with E-state index in [2.05, 4.69) is 15.2 Å². The minimum Gasteiger partial charge on any atom is -0.486 e. The second-order valence-electron chi connectivity index (χ2n) is 3.34. The molecule has 5 nitrogen and oxygen atoms in total. The molecule has 0 spiro atoms. The summed E-state index contributed by atoms with van der Waals surface area (Å²) in [5.41, 5.74) is 6.33. The first kappa shape index (κ1) is 10.8. The van der Waals surface area contributed by atoms with Crippen LogP contribution in [0.25, 0.3) is 0 Å². The van der Waals surface area contributed by atoms with Crippen LogP contribution in [0.15, 0.2) is 18.2 Å². The monoisotopic (exact) mass is 238 g/mol. The van der Waals surface area contributed by atoms with Crippen LogP contribution in [0.2, 0.25) is 5.02 Å². The topological polar surface area (TPSA) is 76.8 Å². The molecule has 84 valence electrons. The van der Waals surface area contributed by atoms with E-state index in [4.69, 9.17) is 22.1 Å². The third-order valence-corrected chi connectivity index (χ3v) is 2.48. The fraction of sp³-hybridized carbons (Fsp3) is 0.200. The number of ether oxygens (including phenoxy) is 1. The highest BCUT2D eigenvalue weighted by Crippen LogP contribution is 2.21. The Morgan fingerprint density at radius 2 is 2.31 bits per heavy atom. The van der Waals surface area contributed by atoms with Crippen LogP contribution in [0.3, 0.4) is 0 Å². The van der Waals surface area contributed by atoms with E-state index < -0.39 is 0 Å². The van der Waals surface area contributed by atoms with Gasteiger partial charge in [0.2, 0.25) is 5.95 Å². The number of rotatable bonds is 3. The lowest BCUT2D eigenvalue weighted by atomic mass is 10.2. The van der Waals surface area contributed by atoms with Crippen molar-refractivity contribution in [2.24, 2.45) is 0 Å². The highest BCUT2D eigenvalue weighted by molar-refractivity contribution is 6.31. The average Bonchev–Trinajstić information content (AvgIpc) is 2.66. The van der Waals surface area contributed by atoms with Crippen molar-refractivity contribution in [1.29, 1.82) is 0 Å². The van der Waals surface area contributed by atoms with Crippen LogP contribution in [0.1, 0.15) is 11.4 Å². The standard InChI is InChI=1S/C10H11ClN4O/c1-6-4-7(2-3-8(6)11)16-5-9-13-10(12)15-14-9/h2-4H,5H2,1H3,(H3,12,13,14,15). The van der Waals surface area contributed by atoms with Gasteiger partial charge in [-0.15, -0.1) is 5.10 Å². The average molecular weight is 239 g/mol. The minimum absolute atomic E-state index is 0.214. The lowest BCUT2D eigenvalue weighted by Gasteiger charge is -2.05. The predicted octanol–water partition coefficient (Wildman–Crippen LogP) is 1.93. The van der Waals surface area contributed by atoms with E-state index in [1.807, 2.05) is 13.0 Å². The molecule has 0 atom stereocenters. The van der Waals surface area contributed by atoms with Crippen LogP contribution in [0.5, 0.6) is 5.75 Å². The lowest BCUT2D eigenvalue weighted by Crippen LogP contribution is -1.98.